The smallest absolute Gasteiger partial charge is 0.263 e. The lowest BCUT2D eigenvalue weighted by Crippen LogP contribution is -2.39. The number of nitrogens with two attached hydrogens (primary N) is 1. The molecule has 0 saturated heterocycles. The van der Waals surface area contributed by atoms with E-state index in [-0.39, 0.29) is 5.91 Å². The summed E-state index contributed by atoms with van der Waals surface area (Å²) in [5.41, 5.74) is 7.88. The van der Waals surface area contributed by atoms with Crippen LogP contribution in [-0.4, -0.2) is 11.9 Å². The number of amides is 1. The number of aryl methyl sites for hydroxylation is 1. The maximum Gasteiger partial charge on any atom is 0.263 e. The summed E-state index contributed by atoms with van der Waals surface area (Å²) >= 11 is 1.48. The summed E-state index contributed by atoms with van der Waals surface area (Å²) in [6.07, 6.45) is 3.40. The van der Waals surface area contributed by atoms with Gasteiger partial charge in [0.2, 0.25) is 0 Å². The van der Waals surface area contributed by atoms with Crippen LogP contribution >= 0.6 is 11.3 Å². The van der Waals surface area contributed by atoms with Crippen molar-refractivity contribution >= 4 is 33.0 Å². The fourth-order valence-corrected chi connectivity index (χ4v) is 3.21. The molecule has 3 rings (SSSR count). The molecule has 1 aliphatic rings. The number of carbonyl (C=O) groups excluding carboxylic acids is 1. The Bertz CT molecular complexity index is 614. The number of benzene rings is 1. The van der Waals surface area contributed by atoms with Gasteiger partial charge in [0, 0.05) is 16.1 Å². The Morgan fingerprint density at radius 2 is 2.22 bits per heavy atom. The van der Waals surface area contributed by atoms with Crippen molar-refractivity contribution in [1.82, 2.24) is 5.32 Å². The molecule has 1 heterocycles. The number of rotatable bonds is 2. The molecule has 0 radical (unpaired) electrons. The predicted octanol–water partition coefficient (Wildman–Crippen LogP) is 3.07. The molecule has 0 atom stereocenters. The molecular weight excluding hydrogens is 244 g/mol. The number of carbonyl (C=O) groups is 1. The third kappa shape index (κ3) is 1.86. The van der Waals surface area contributed by atoms with Crippen molar-refractivity contribution in [2.24, 2.45) is 0 Å². The summed E-state index contributed by atoms with van der Waals surface area (Å²) in [7, 11) is 0. The molecular formula is C14H16N2OS. The summed E-state index contributed by atoms with van der Waals surface area (Å²) < 4.78 is 1.08. The van der Waals surface area contributed by atoms with Gasteiger partial charge in [-0.05, 0) is 38.3 Å². The molecule has 0 spiro atoms. The van der Waals surface area contributed by atoms with E-state index in [0.29, 0.717) is 16.6 Å². The highest BCUT2D eigenvalue weighted by Gasteiger charge is 2.23. The average molecular weight is 260 g/mol. The highest BCUT2D eigenvalue weighted by molar-refractivity contribution is 7.21. The lowest BCUT2D eigenvalue weighted by atomic mass is 9.93. The van der Waals surface area contributed by atoms with Gasteiger partial charge in [0.25, 0.3) is 5.91 Å². The molecule has 3 N–H and O–H groups in total. The number of nitrogen functional groups attached to an aromatic ring is 1. The number of anilines is 1. The van der Waals surface area contributed by atoms with E-state index in [2.05, 4.69) is 5.32 Å². The summed E-state index contributed by atoms with van der Waals surface area (Å²) in [5.74, 6) is -0.0175. The molecule has 18 heavy (non-hydrogen) atoms. The lowest BCUT2D eigenvalue weighted by Gasteiger charge is -2.26. The first-order valence-corrected chi connectivity index (χ1v) is 7.06. The molecule has 1 aromatic heterocycles. The molecule has 3 nitrogen and oxygen atoms in total. The topological polar surface area (TPSA) is 55.1 Å². The minimum absolute atomic E-state index is 0.0175. The van der Waals surface area contributed by atoms with Gasteiger partial charge in [0.05, 0.1) is 5.69 Å². The zero-order chi connectivity index (χ0) is 12.7. The van der Waals surface area contributed by atoms with E-state index in [1.54, 1.807) is 0 Å². The zero-order valence-corrected chi connectivity index (χ0v) is 11.1. The molecule has 1 aliphatic carbocycles. The third-order valence-corrected chi connectivity index (χ3v) is 4.71. The number of hydrogen-bond donors (Lipinski definition) is 2. The Morgan fingerprint density at radius 1 is 1.44 bits per heavy atom. The van der Waals surface area contributed by atoms with Gasteiger partial charge in [-0.3, -0.25) is 4.79 Å². The monoisotopic (exact) mass is 260 g/mol. The van der Waals surface area contributed by atoms with E-state index in [1.165, 1.54) is 17.8 Å². The molecule has 4 heteroatoms. The first-order chi connectivity index (χ1) is 8.65. The quantitative estimate of drug-likeness (QED) is 0.872. The van der Waals surface area contributed by atoms with Gasteiger partial charge in [0.15, 0.2) is 0 Å². The Labute approximate surface area is 110 Å². The Hall–Kier alpha value is -1.55. The van der Waals surface area contributed by atoms with Crippen LogP contribution in [0.2, 0.25) is 0 Å². The highest BCUT2D eigenvalue weighted by Crippen LogP contribution is 2.34. The van der Waals surface area contributed by atoms with E-state index in [1.807, 2.05) is 25.1 Å². The van der Waals surface area contributed by atoms with Crippen molar-refractivity contribution in [3.05, 3.63) is 28.6 Å². The number of fused-ring (bicyclic) bond motifs is 1. The van der Waals surface area contributed by atoms with Crippen LogP contribution in [0.1, 0.15) is 34.5 Å². The molecule has 1 amide bonds. The summed E-state index contributed by atoms with van der Waals surface area (Å²) in [4.78, 5) is 12.8. The van der Waals surface area contributed by atoms with Crippen LogP contribution in [0.3, 0.4) is 0 Å². The highest BCUT2D eigenvalue weighted by atomic mass is 32.1. The van der Waals surface area contributed by atoms with E-state index < -0.39 is 0 Å². The van der Waals surface area contributed by atoms with E-state index in [4.69, 9.17) is 5.73 Å². The summed E-state index contributed by atoms with van der Waals surface area (Å²) in [6, 6.07) is 6.47. The van der Waals surface area contributed by atoms with Crippen molar-refractivity contribution in [2.45, 2.75) is 32.2 Å². The maximum atomic E-state index is 12.1. The van der Waals surface area contributed by atoms with Crippen LogP contribution in [0.5, 0.6) is 0 Å². The third-order valence-electron chi connectivity index (χ3n) is 3.53. The number of hydrogen-bond acceptors (Lipinski definition) is 3. The van der Waals surface area contributed by atoms with Crippen molar-refractivity contribution in [3.8, 4) is 0 Å². The van der Waals surface area contributed by atoms with Crippen molar-refractivity contribution in [1.29, 1.82) is 0 Å². The summed E-state index contributed by atoms with van der Waals surface area (Å²) in [6.45, 7) is 2.03. The fourth-order valence-electron chi connectivity index (χ4n) is 2.20. The van der Waals surface area contributed by atoms with Gasteiger partial charge in [-0.2, -0.15) is 0 Å². The maximum absolute atomic E-state index is 12.1. The largest absolute Gasteiger partial charge is 0.397 e. The molecule has 0 unspecified atom stereocenters. The van der Waals surface area contributed by atoms with Crippen LogP contribution < -0.4 is 11.1 Å². The second-order valence-corrected chi connectivity index (χ2v) is 6.00. The first kappa shape index (κ1) is 11.5. The molecule has 1 fully saturated rings. The molecule has 1 saturated carbocycles. The Morgan fingerprint density at radius 3 is 2.89 bits per heavy atom. The van der Waals surface area contributed by atoms with Gasteiger partial charge in [-0.15, -0.1) is 11.3 Å². The molecule has 0 aliphatic heterocycles. The Kier molecular flexibility index (Phi) is 2.74. The van der Waals surface area contributed by atoms with E-state index in [9.17, 15) is 4.79 Å². The lowest BCUT2D eigenvalue weighted by molar-refractivity contribution is 0.0922. The van der Waals surface area contributed by atoms with Gasteiger partial charge in [-0.25, -0.2) is 0 Å². The van der Waals surface area contributed by atoms with Gasteiger partial charge >= 0.3 is 0 Å². The van der Waals surface area contributed by atoms with Crippen molar-refractivity contribution < 1.29 is 4.79 Å². The summed E-state index contributed by atoms with van der Waals surface area (Å²) in [5, 5.41) is 4.04. The molecule has 0 bridgehead atoms. The van der Waals surface area contributed by atoms with E-state index in [0.717, 1.165) is 28.5 Å². The predicted molar refractivity (Wildman–Crippen MR) is 76.1 cm³/mol. The van der Waals surface area contributed by atoms with Gasteiger partial charge < -0.3 is 11.1 Å². The SMILES string of the molecule is Cc1ccc2sc(C(=O)NC3CCC3)c(N)c2c1. The van der Waals surface area contributed by atoms with Crippen molar-refractivity contribution in [3.63, 3.8) is 0 Å². The standard InChI is InChI=1S/C14H16N2OS/c1-8-5-6-11-10(7-8)12(15)13(18-11)14(17)16-9-3-2-4-9/h5-7,9H,2-4,15H2,1H3,(H,16,17). The Balaban J connectivity index is 1.95. The number of nitrogens with one attached hydrogen (secondary N) is 1. The second-order valence-electron chi connectivity index (χ2n) is 4.95. The molecule has 1 aromatic carbocycles. The number of thiophene rings is 1. The molecule has 94 valence electrons. The van der Waals surface area contributed by atoms with E-state index >= 15 is 0 Å². The van der Waals surface area contributed by atoms with Crippen LogP contribution in [0.4, 0.5) is 5.69 Å². The van der Waals surface area contributed by atoms with Crippen LogP contribution in [-0.2, 0) is 0 Å². The van der Waals surface area contributed by atoms with Crippen molar-refractivity contribution in [2.75, 3.05) is 5.73 Å². The average Bonchev–Trinajstić information content (AvgIpc) is 2.61. The second kappa shape index (κ2) is 4.28. The first-order valence-electron chi connectivity index (χ1n) is 6.24. The van der Waals surface area contributed by atoms with Gasteiger partial charge in [-0.1, -0.05) is 11.6 Å². The normalized spacial score (nSPS) is 15.6. The van der Waals surface area contributed by atoms with Crippen LogP contribution in [0, 0.1) is 6.92 Å². The zero-order valence-electron chi connectivity index (χ0n) is 10.3. The van der Waals surface area contributed by atoms with Gasteiger partial charge in [0.1, 0.15) is 4.88 Å². The fraction of sp³-hybridized carbons (Fsp3) is 0.357. The minimum atomic E-state index is -0.0175. The minimum Gasteiger partial charge on any atom is -0.397 e. The van der Waals surface area contributed by atoms with Crippen LogP contribution in [0.15, 0.2) is 18.2 Å². The van der Waals surface area contributed by atoms with Crippen LogP contribution in [0.25, 0.3) is 10.1 Å². The molecule has 2 aromatic rings.